The summed E-state index contributed by atoms with van der Waals surface area (Å²) >= 11 is 0. The number of ether oxygens (including phenoxy) is 1. The van der Waals surface area contributed by atoms with Crippen LogP contribution < -0.4 is 12.4 Å². The van der Waals surface area contributed by atoms with Gasteiger partial charge in [-0.3, -0.25) is 0 Å². The first-order valence-corrected chi connectivity index (χ1v) is 4.90. The second kappa shape index (κ2) is 7.42. The third kappa shape index (κ3) is 4.66. The fraction of sp³-hybridized carbons (Fsp3) is 0.250. The van der Waals surface area contributed by atoms with E-state index in [4.69, 9.17) is 10.1 Å². The molecule has 4 nitrogen and oxygen atoms in total. The summed E-state index contributed by atoms with van der Waals surface area (Å²) in [6.45, 7) is 5.86. The van der Waals surface area contributed by atoms with E-state index < -0.39 is 5.97 Å². The Bertz CT molecular complexity index is 452. The van der Waals surface area contributed by atoms with Crippen LogP contribution in [-0.4, -0.2) is 12.6 Å². The van der Waals surface area contributed by atoms with Crippen LogP contribution in [0.25, 0.3) is 4.98 Å². The highest BCUT2D eigenvalue weighted by molar-refractivity contribution is 5.95. The van der Waals surface area contributed by atoms with Crippen molar-refractivity contribution in [2.75, 3.05) is 6.61 Å². The Balaban J connectivity index is 0.00000256. The summed E-state index contributed by atoms with van der Waals surface area (Å²) in [6, 6.07) is 6.46. The van der Waals surface area contributed by atoms with E-state index in [9.17, 15) is 4.79 Å². The Kier molecular flexibility index (Phi) is 6.61. The molecule has 0 aliphatic rings. The van der Waals surface area contributed by atoms with Crippen molar-refractivity contribution in [2.45, 2.75) is 13.3 Å². The Hall–Kier alpha value is -1.86. The van der Waals surface area contributed by atoms with Gasteiger partial charge >= 0.3 is 11.7 Å². The van der Waals surface area contributed by atoms with E-state index >= 15 is 0 Å². The molecule has 0 aliphatic carbocycles. The molecular weight excluding hydrogens is 240 g/mol. The molecule has 0 aliphatic heterocycles. The van der Waals surface area contributed by atoms with Gasteiger partial charge in [-0.1, -0.05) is 17.7 Å². The lowest BCUT2D eigenvalue weighted by molar-refractivity contribution is -0.0000222. The summed E-state index contributed by atoms with van der Waals surface area (Å²) < 4.78 is 5.01. The maximum absolute atomic E-state index is 11.6. The van der Waals surface area contributed by atoms with Gasteiger partial charge in [-0.25, -0.2) is 4.79 Å². The van der Waals surface area contributed by atoms with Crippen molar-refractivity contribution >= 4 is 11.7 Å². The number of hydrogen-bond acceptors (Lipinski definition) is 3. The highest BCUT2D eigenvalue weighted by atomic mass is 35.5. The summed E-state index contributed by atoms with van der Waals surface area (Å²) in [5.74, 6) is -0.491. The summed E-state index contributed by atoms with van der Waals surface area (Å²) in [5.41, 5.74) is 1.42. The fourth-order valence-corrected chi connectivity index (χ4v) is 1.13. The van der Waals surface area contributed by atoms with E-state index in [1.54, 1.807) is 18.2 Å². The zero-order valence-corrected chi connectivity index (χ0v) is 10.3. The predicted octanol–water partition coefficient (Wildman–Crippen LogP) is 0.298. The molecule has 0 radical (unpaired) electrons. The van der Waals surface area contributed by atoms with Gasteiger partial charge in [0, 0.05) is 12.5 Å². The van der Waals surface area contributed by atoms with E-state index in [1.165, 1.54) is 6.07 Å². The average Bonchev–Trinajstić information content (AvgIpc) is 2.28. The number of hydrogen-bond donors (Lipinski definition) is 0. The van der Waals surface area contributed by atoms with Crippen LogP contribution in [0.15, 0.2) is 36.4 Å². The molecule has 1 rings (SSSR count). The minimum absolute atomic E-state index is 0. The molecule has 5 heteroatoms. The number of nitrogens with zero attached hydrogens (tertiary/aromatic N) is 2. The first-order chi connectivity index (χ1) is 7.65. The summed E-state index contributed by atoms with van der Waals surface area (Å²) in [4.78, 5) is 14.6. The van der Waals surface area contributed by atoms with Gasteiger partial charge in [0.15, 0.2) is 10.5 Å². The summed E-state index contributed by atoms with van der Waals surface area (Å²) in [6.07, 6.45) is 0.629. The number of halogens is 1. The predicted molar refractivity (Wildman–Crippen MR) is 60.9 cm³/mol. The maximum atomic E-state index is 11.6. The van der Waals surface area contributed by atoms with Crippen molar-refractivity contribution in [1.29, 1.82) is 5.39 Å². The number of carbonyl (C=O) groups is 1. The van der Waals surface area contributed by atoms with Crippen molar-refractivity contribution < 1.29 is 21.9 Å². The smallest absolute Gasteiger partial charge is 0.399 e. The minimum atomic E-state index is -0.491. The van der Waals surface area contributed by atoms with Crippen LogP contribution in [0, 0.1) is 5.39 Å². The fourth-order valence-electron chi connectivity index (χ4n) is 1.13. The molecule has 1 aromatic rings. The van der Waals surface area contributed by atoms with E-state index in [2.05, 4.69) is 11.6 Å². The number of esters is 1. The van der Waals surface area contributed by atoms with E-state index in [0.29, 0.717) is 6.42 Å². The molecule has 0 N–H and O–H groups in total. The number of carbonyl (C=O) groups excluding carboxylic acids is 1. The summed E-state index contributed by atoms with van der Waals surface area (Å²) in [7, 11) is 0. The number of diazo groups is 1. The molecule has 0 spiro atoms. The topological polar surface area (TPSA) is 54.5 Å². The van der Waals surface area contributed by atoms with Gasteiger partial charge in [-0.15, -0.1) is 6.58 Å². The lowest BCUT2D eigenvalue weighted by Crippen LogP contribution is -3.00. The van der Waals surface area contributed by atoms with Gasteiger partial charge < -0.3 is 17.1 Å². The average molecular weight is 253 g/mol. The third-order valence-electron chi connectivity index (χ3n) is 1.99. The molecule has 17 heavy (non-hydrogen) atoms. The second-order valence-electron chi connectivity index (χ2n) is 3.46. The zero-order chi connectivity index (χ0) is 12.0. The highest BCUT2D eigenvalue weighted by Gasteiger charge is 2.20. The van der Waals surface area contributed by atoms with Crippen molar-refractivity contribution in [3.63, 3.8) is 0 Å². The lowest BCUT2D eigenvalue weighted by atomic mass is 10.2. The second-order valence-corrected chi connectivity index (χ2v) is 3.46. The van der Waals surface area contributed by atoms with Gasteiger partial charge in [0.2, 0.25) is 5.39 Å². The van der Waals surface area contributed by atoms with Gasteiger partial charge in [-0.2, -0.15) is 0 Å². The van der Waals surface area contributed by atoms with Crippen molar-refractivity contribution in [3.05, 3.63) is 47.0 Å². The van der Waals surface area contributed by atoms with Crippen LogP contribution in [0.2, 0.25) is 0 Å². The van der Waals surface area contributed by atoms with Crippen LogP contribution in [0.1, 0.15) is 23.7 Å². The number of rotatable bonds is 4. The van der Waals surface area contributed by atoms with Crippen LogP contribution in [0.3, 0.4) is 0 Å². The summed E-state index contributed by atoms with van der Waals surface area (Å²) in [5, 5.41) is 8.68. The molecule has 0 bridgehead atoms. The van der Waals surface area contributed by atoms with Crippen LogP contribution >= 0.6 is 0 Å². The normalized spacial score (nSPS) is 8.71. The van der Waals surface area contributed by atoms with Gasteiger partial charge in [0.05, 0.1) is 6.61 Å². The van der Waals surface area contributed by atoms with Gasteiger partial charge in [-0.05, 0) is 13.0 Å². The Morgan fingerprint density at radius 3 is 2.71 bits per heavy atom. The SMILES string of the molecule is C=C(C)CCOC(=O)c1ccccc1[N+]#N.[Cl-]. The molecule has 0 heterocycles. The minimum Gasteiger partial charge on any atom is -1.00 e. The standard InChI is InChI=1S/C12H13N2O2.ClH/c1-9(2)7-8-16-12(15)10-5-3-4-6-11(10)14-13;/h3-6H,1,7-8H2,2H3;1H/q+1;/p-1. The van der Waals surface area contributed by atoms with Gasteiger partial charge in [0.25, 0.3) is 0 Å². The van der Waals surface area contributed by atoms with Crippen LogP contribution in [0.4, 0.5) is 5.69 Å². The lowest BCUT2D eigenvalue weighted by Gasteiger charge is -2.02. The van der Waals surface area contributed by atoms with E-state index in [-0.39, 0.29) is 30.3 Å². The van der Waals surface area contributed by atoms with Gasteiger partial charge in [0.1, 0.15) is 0 Å². The maximum Gasteiger partial charge on any atom is 0.399 e. The molecule has 0 amide bonds. The Morgan fingerprint density at radius 2 is 2.12 bits per heavy atom. The van der Waals surface area contributed by atoms with Crippen LogP contribution in [0.5, 0.6) is 0 Å². The first-order valence-electron chi connectivity index (χ1n) is 4.90. The van der Waals surface area contributed by atoms with Crippen LogP contribution in [-0.2, 0) is 4.74 Å². The van der Waals surface area contributed by atoms with E-state index in [1.807, 2.05) is 6.92 Å². The first kappa shape index (κ1) is 15.1. The number of benzene rings is 1. The molecule has 0 unspecified atom stereocenters. The molecule has 0 saturated heterocycles. The van der Waals surface area contributed by atoms with Crippen molar-refractivity contribution in [3.8, 4) is 0 Å². The molecule has 0 aromatic heterocycles. The quantitative estimate of drug-likeness (QED) is 0.440. The molecule has 90 valence electrons. The molecule has 0 saturated carbocycles. The monoisotopic (exact) mass is 252 g/mol. The largest absolute Gasteiger partial charge is 1.00 e. The Labute approximate surface area is 106 Å². The van der Waals surface area contributed by atoms with Crippen molar-refractivity contribution in [1.82, 2.24) is 0 Å². The zero-order valence-electron chi connectivity index (χ0n) is 9.52. The molecule has 1 aromatic carbocycles. The molecular formula is C12H13ClN2O2. The molecule has 0 atom stereocenters. The molecule has 0 fully saturated rings. The Morgan fingerprint density at radius 1 is 1.47 bits per heavy atom. The van der Waals surface area contributed by atoms with E-state index in [0.717, 1.165) is 5.57 Å². The highest BCUT2D eigenvalue weighted by Crippen LogP contribution is 2.19. The third-order valence-corrected chi connectivity index (χ3v) is 1.99. The van der Waals surface area contributed by atoms with Crippen molar-refractivity contribution in [2.24, 2.45) is 0 Å².